The largest absolute Gasteiger partial charge is 0.309 e. The van der Waals surface area contributed by atoms with E-state index in [1.165, 1.54) is 5.56 Å². The van der Waals surface area contributed by atoms with Crippen LogP contribution in [0.25, 0.3) is 0 Å². The number of rotatable bonds is 2. The zero-order chi connectivity index (χ0) is 9.19. The summed E-state index contributed by atoms with van der Waals surface area (Å²) in [7, 11) is -0.284. The van der Waals surface area contributed by atoms with Gasteiger partial charge in [-0.2, -0.15) is 0 Å². The Balaban J connectivity index is 3.14. The smallest absolute Gasteiger partial charge is 0.0513 e. The Labute approximate surface area is 82.8 Å². The van der Waals surface area contributed by atoms with E-state index in [9.17, 15) is 0 Å². The first-order valence-corrected chi connectivity index (χ1v) is 6.84. The third-order valence-electron chi connectivity index (χ3n) is 1.53. The Morgan fingerprint density at radius 1 is 1.17 bits per heavy atom. The lowest BCUT2D eigenvalue weighted by molar-refractivity contribution is 0.482. The van der Waals surface area contributed by atoms with Crippen molar-refractivity contribution >= 4 is 29.8 Å². The van der Waals surface area contributed by atoms with Crippen molar-refractivity contribution in [2.45, 2.75) is 11.8 Å². The van der Waals surface area contributed by atoms with Crippen molar-refractivity contribution in [1.29, 1.82) is 0 Å². The molecule has 1 aromatic rings. The molecule has 0 atom stereocenters. The molecule has 0 saturated heterocycles. The van der Waals surface area contributed by atoms with Gasteiger partial charge in [-0.25, -0.2) is 0 Å². The van der Waals surface area contributed by atoms with Crippen LogP contribution in [0.2, 0.25) is 0 Å². The van der Waals surface area contributed by atoms with E-state index >= 15 is 0 Å². The fourth-order valence-electron chi connectivity index (χ4n) is 0.801. The van der Waals surface area contributed by atoms with Crippen LogP contribution < -0.4 is 0 Å². The van der Waals surface area contributed by atoms with Gasteiger partial charge in [-0.15, -0.1) is 0 Å². The molecule has 0 fully saturated rings. The molecule has 0 radical (unpaired) electrons. The van der Waals surface area contributed by atoms with Crippen molar-refractivity contribution in [3.05, 3.63) is 29.8 Å². The topological polar surface area (TPSA) is 9.23 Å². The lowest BCUT2D eigenvalue weighted by atomic mass is 10.2. The SMILES string of the molecule is COS(=S)(=S)c1ccc(C)cc1. The maximum Gasteiger partial charge on any atom is 0.0513 e. The van der Waals surface area contributed by atoms with Gasteiger partial charge in [0.15, 0.2) is 0 Å². The predicted molar refractivity (Wildman–Crippen MR) is 58.5 cm³/mol. The molecule has 1 nitrogen and oxygen atoms in total. The Kier molecular flexibility index (Phi) is 3.17. The summed E-state index contributed by atoms with van der Waals surface area (Å²) >= 11 is 10.3. The van der Waals surface area contributed by atoms with Gasteiger partial charge in [0.1, 0.15) is 0 Å². The molecular formula is C8H10OS3. The molecule has 0 aliphatic carbocycles. The molecule has 1 rings (SSSR count). The lowest BCUT2D eigenvalue weighted by Crippen LogP contribution is -1.98. The molecule has 0 aliphatic heterocycles. The summed E-state index contributed by atoms with van der Waals surface area (Å²) in [4.78, 5) is 0.931. The summed E-state index contributed by atoms with van der Waals surface area (Å²) in [5.74, 6) is 0. The van der Waals surface area contributed by atoms with Crippen molar-refractivity contribution < 1.29 is 4.18 Å². The van der Waals surface area contributed by atoms with Crippen LogP contribution in [0.3, 0.4) is 0 Å². The van der Waals surface area contributed by atoms with Gasteiger partial charge in [0.05, 0.1) is 7.11 Å². The van der Waals surface area contributed by atoms with Crippen LogP contribution in [0.1, 0.15) is 5.56 Å². The average Bonchev–Trinajstić information content (AvgIpc) is 2.05. The number of hydrogen-bond donors (Lipinski definition) is 0. The molecular weight excluding hydrogens is 208 g/mol. The van der Waals surface area contributed by atoms with E-state index < -0.39 is 7.43 Å². The van der Waals surface area contributed by atoms with E-state index in [-0.39, 0.29) is 0 Å². The lowest BCUT2D eigenvalue weighted by Gasteiger charge is -2.07. The quantitative estimate of drug-likeness (QED) is 0.751. The molecule has 12 heavy (non-hydrogen) atoms. The fourth-order valence-corrected chi connectivity index (χ4v) is 2.13. The summed E-state index contributed by atoms with van der Waals surface area (Å²) in [6.07, 6.45) is 0. The van der Waals surface area contributed by atoms with Gasteiger partial charge in [0.2, 0.25) is 0 Å². The van der Waals surface area contributed by atoms with Crippen molar-refractivity contribution in [2.24, 2.45) is 0 Å². The van der Waals surface area contributed by atoms with E-state index in [1.54, 1.807) is 7.11 Å². The molecule has 66 valence electrons. The average molecular weight is 218 g/mol. The van der Waals surface area contributed by atoms with Crippen LogP contribution in [0.5, 0.6) is 0 Å². The summed E-state index contributed by atoms with van der Waals surface area (Å²) in [6.45, 7) is 2.03. The second-order valence-electron chi connectivity index (χ2n) is 2.43. The van der Waals surface area contributed by atoms with Crippen LogP contribution in [0.15, 0.2) is 29.2 Å². The fraction of sp³-hybridized carbons (Fsp3) is 0.250. The summed E-state index contributed by atoms with van der Waals surface area (Å²) < 4.78 is 5.08. The van der Waals surface area contributed by atoms with E-state index in [0.717, 1.165) is 4.90 Å². The normalized spacial score (nSPS) is 11.5. The number of hydrogen-bond acceptors (Lipinski definition) is 3. The Morgan fingerprint density at radius 3 is 2.08 bits per heavy atom. The van der Waals surface area contributed by atoms with E-state index in [1.807, 2.05) is 31.2 Å². The minimum atomic E-state index is -1.85. The minimum absolute atomic E-state index is 0.931. The highest BCUT2D eigenvalue weighted by molar-refractivity contribution is 8.54. The van der Waals surface area contributed by atoms with Crippen molar-refractivity contribution in [1.82, 2.24) is 0 Å². The van der Waals surface area contributed by atoms with Crippen LogP contribution >= 0.6 is 0 Å². The van der Waals surface area contributed by atoms with Gasteiger partial charge in [-0.05, 0) is 41.4 Å². The summed E-state index contributed by atoms with van der Waals surface area (Å²) in [6, 6.07) is 7.87. The van der Waals surface area contributed by atoms with Crippen LogP contribution in [-0.2, 0) is 34.0 Å². The Bertz CT molecular complexity index is 350. The van der Waals surface area contributed by atoms with E-state index in [4.69, 9.17) is 26.6 Å². The monoisotopic (exact) mass is 218 g/mol. The van der Waals surface area contributed by atoms with Gasteiger partial charge >= 0.3 is 0 Å². The molecule has 0 aliphatic rings. The molecule has 1 aromatic carbocycles. The maximum atomic E-state index is 5.13. The molecule has 0 heterocycles. The predicted octanol–water partition coefficient (Wildman–Crippen LogP) is 1.99. The molecule has 0 unspecified atom stereocenters. The van der Waals surface area contributed by atoms with E-state index in [2.05, 4.69) is 0 Å². The zero-order valence-electron chi connectivity index (χ0n) is 6.94. The van der Waals surface area contributed by atoms with Crippen LogP contribution in [0.4, 0.5) is 0 Å². The van der Waals surface area contributed by atoms with Crippen LogP contribution in [0, 0.1) is 6.92 Å². The Hall–Kier alpha value is -0.0300. The third-order valence-corrected chi connectivity index (χ3v) is 4.79. The molecule has 0 aromatic heterocycles. The van der Waals surface area contributed by atoms with Crippen LogP contribution in [-0.4, -0.2) is 7.11 Å². The molecule has 0 bridgehead atoms. The first-order valence-electron chi connectivity index (χ1n) is 3.43. The molecule has 0 amide bonds. The third kappa shape index (κ3) is 2.23. The summed E-state index contributed by atoms with van der Waals surface area (Å²) in [5, 5.41) is 0. The zero-order valence-corrected chi connectivity index (χ0v) is 9.39. The van der Waals surface area contributed by atoms with Gasteiger partial charge in [-0.1, -0.05) is 17.7 Å². The maximum absolute atomic E-state index is 5.13. The molecule has 0 N–H and O–H groups in total. The number of aryl methyl sites for hydroxylation is 1. The highest BCUT2D eigenvalue weighted by atomic mass is 33.1. The number of benzene rings is 1. The van der Waals surface area contributed by atoms with Gasteiger partial charge in [0.25, 0.3) is 0 Å². The standard InChI is InChI=1S/C8H10OS3/c1-7-3-5-8(6-4-7)12(10,11)9-2/h3-6H,1-2H3. The minimum Gasteiger partial charge on any atom is -0.309 e. The molecule has 0 saturated carbocycles. The first-order chi connectivity index (χ1) is 5.56. The van der Waals surface area contributed by atoms with Gasteiger partial charge < -0.3 is 4.18 Å². The van der Waals surface area contributed by atoms with Gasteiger partial charge in [-0.3, -0.25) is 0 Å². The van der Waals surface area contributed by atoms with Crippen molar-refractivity contribution in [3.8, 4) is 0 Å². The highest BCUT2D eigenvalue weighted by Crippen LogP contribution is 2.12. The first kappa shape index (κ1) is 10.1. The second-order valence-corrected chi connectivity index (χ2v) is 7.60. The molecule has 4 heteroatoms. The molecule has 0 spiro atoms. The highest BCUT2D eigenvalue weighted by Gasteiger charge is 2.02. The Morgan fingerprint density at radius 2 is 1.67 bits per heavy atom. The van der Waals surface area contributed by atoms with Crippen molar-refractivity contribution in [3.63, 3.8) is 0 Å². The van der Waals surface area contributed by atoms with E-state index in [0.29, 0.717) is 0 Å². The second kappa shape index (κ2) is 3.79. The van der Waals surface area contributed by atoms with Crippen molar-refractivity contribution in [2.75, 3.05) is 7.11 Å². The van der Waals surface area contributed by atoms with Gasteiger partial charge in [0, 0.05) is 12.3 Å². The summed E-state index contributed by atoms with van der Waals surface area (Å²) in [5.41, 5.74) is 1.20.